The number of nitrogens with one attached hydrogen (secondary N) is 1. The molecular formula is C22H21N5O2. The molecule has 0 bridgehead atoms. The summed E-state index contributed by atoms with van der Waals surface area (Å²) in [5.41, 5.74) is 3.80. The maximum Gasteiger partial charge on any atom is 0.280 e. The Morgan fingerprint density at radius 2 is 1.83 bits per heavy atom. The summed E-state index contributed by atoms with van der Waals surface area (Å²) in [6.07, 6.45) is 0. The number of fused-ring (bicyclic) bond motifs is 1. The predicted octanol–water partition coefficient (Wildman–Crippen LogP) is 3.05. The first-order chi connectivity index (χ1) is 13.9. The van der Waals surface area contributed by atoms with Crippen LogP contribution in [0, 0.1) is 13.8 Å². The highest BCUT2D eigenvalue weighted by Gasteiger charge is 2.16. The summed E-state index contributed by atoms with van der Waals surface area (Å²) < 4.78 is 3.46. The molecule has 0 aliphatic carbocycles. The Bertz CT molecular complexity index is 1290. The predicted molar refractivity (Wildman–Crippen MR) is 112 cm³/mol. The van der Waals surface area contributed by atoms with Gasteiger partial charge in [0.2, 0.25) is 5.43 Å². The summed E-state index contributed by atoms with van der Waals surface area (Å²) in [5, 5.41) is 11.9. The van der Waals surface area contributed by atoms with Gasteiger partial charge in [-0.3, -0.25) is 19.0 Å². The van der Waals surface area contributed by atoms with E-state index < -0.39 is 5.91 Å². The van der Waals surface area contributed by atoms with Crippen LogP contribution in [0.2, 0.25) is 0 Å². The summed E-state index contributed by atoms with van der Waals surface area (Å²) in [6, 6.07) is 16.6. The Kier molecular flexibility index (Phi) is 4.72. The van der Waals surface area contributed by atoms with E-state index in [9.17, 15) is 9.59 Å². The van der Waals surface area contributed by atoms with Crippen LogP contribution < -0.4 is 10.7 Å². The molecule has 0 aliphatic heterocycles. The van der Waals surface area contributed by atoms with Gasteiger partial charge >= 0.3 is 0 Å². The lowest BCUT2D eigenvalue weighted by atomic mass is 10.1. The summed E-state index contributed by atoms with van der Waals surface area (Å²) in [5.74, 6) is -0.528. The van der Waals surface area contributed by atoms with Crippen molar-refractivity contribution in [2.45, 2.75) is 20.4 Å². The quantitative estimate of drug-likeness (QED) is 0.584. The van der Waals surface area contributed by atoms with Crippen LogP contribution in [-0.2, 0) is 13.6 Å². The van der Waals surface area contributed by atoms with Crippen molar-refractivity contribution < 1.29 is 4.79 Å². The molecule has 2 aromatic carbocycles. The van der Waals surface area contributed by atoms with Crippen molar-refractivity contribution in [2.24, 2.45) is 7.05 Å². The number of hydrogen-bond acceptors (Lipinski definition) is 4. The molecule has 146 valence electrons. The zero-order valence-corrected chi connectivity index (χ0v) is 16.5. The normalized spacial score (nSPS) is 11.0. The second-order valence-electron chi connectivity index (χ2n) is 7.06. The van der Waals surface area contributed by atoms with Gasteiger partial charge in [0.25, 0.3) is 5.91 Å². The van der Waals surface area contributed by atoms with Gasteiger partial charge in [0.15, 0.2) is 5.69 Å². The minimum Gasteiger partial charge on any atom is -0.320 e. The molecule has 29 heavy (non-hydrogen) atoms. The van der Waals surface area contributed by atoms with E-state index in [-0.39, 0.29) is 11.1 Å². The van der Waals surface area contributed by atoms with Gasteiger partial charge in [-0.25, -0.2) is 0 Å². The van der Waals surface area contributed by atoms with Crippen molar-refractivity contribution in [3.8, 4) is 0 Å². The maximum atomic E-state index is 12.8. The first-order valence-electron chi connectivity index (χ1n) is 9.30. The van der Waals surface area contributed by atoms with Crippen molar-refractivity contribution in [1.82, 2.24) is 19.6 Å². The van der Waals surface area contributed by atoms with E-state index in [1.807, 2.05) is 48.9 Å². The van der Waals surface area contributed by atoms with Gasteiger partial charge in [0.05, 0.1) is 17.8 Å². The number of amides is 1. The molecule has 2 aromatic heterocycles. The fourth-order valence-corrected chi connectivity index (χ4v) is 3.42. The van der Waals surface area contributed by atoms with E-state index in [2.05, 4.69) is 15.5 Å². The number of aromatic nitrogens is 4. The molecule has 0 radical (unpaired) electrons. The Morgan fingerprint density at radius 3 is 2.59 bits per heavy atom. The molecule has 4 aromatic rings. The van der Waals surface area contributed by atoms with E-state index in [1.54, 1.807) is 36.0 Å². The lowest BCUT2D eigenvalue weighted by molar-refractivity contribution is 0.101. The topological polar surface area (TPSA) is 81.8 Å². The van der Waals surface area contributed by atoms with Crippen LogP contribution in [0.4, 0.5) is 5.69 Å². The third-order valence-electron chi connectivity index (χ3n) is 4.80. The number of rotatable bonds is 4. The average Bonchev–Trinajstić information content (AvgIpc) is 3.01. The van der Waals surface area contributed by atoms with Gasteiger partial charge in [-0.2, -0.15) is 10.2 Å². The largest absolute Gasteiger partial charge is 0.320 e. The lowest BCUT2D eigenvalue weighted by Gasteiger charge is -2.10. The van der Waals surface area contributed by atoms with E-state index >= 15 is 0 Å². The standard InChI is InChI=1S/C22H21N5O2/c1-14-11-15(2)27(24-14)13-16-7-6-8-17(12-16)23-22(29)20-21(28)18-9-4-5-10-19(18)26(3)25-20/h4-12H,13H2,1-3H3,(H,23,29). The number of benzene rings is 2. The molecule has 1 N–H and O–H groups in total. The van der Waals surface area contributed by atoms with E-state index in [0.717, 1.165) is 17.0 Å². The Labute approximate surface area is 167 Å². The fourth-order valence-electron chi connectivity index (χ4n) is 3.42. The third kappa shape index (κ3) is 3.67. The zero-order chi connectivity index (χ0) is 20.5. The SMILES string of the molecule is Cc1cc(C)n(Cc2cccc(NC(=O)c3nn(C)c4ccccc4c3=O)c2)n1. The number of hydrogen-bond donors (Lipinski definition) is 1. The minimum atomic E-state index is -0.528. The lowest BCUT2D eigenvalue weighted by Crippen LogP contribution is -2.26. The molecule has 0 saturated carbocycles. The molecule has 0 aliphatic rings. The zero-order valence-electron chi connectivity index (χ0n) is 16.5. The monoisotopic (exact) mass is 387 g/mol. The summed E-state index contributed by atoms with van der Waals surface area (Å²) in [7, 11) is 1.72. The number of para-hydroxylation sites is 1. The summed E-state index contributed by atoms with van der Waals surface area (Å²) >= 11 is 0. The van der Waals surface area contributed by atoms with Crippen molar-refractivity contribution >= 4 is 22.5 Å². The van der Waals surface area contributed by atoms with Crippen molar-refractivity contribution in [3.63, 3.8) is 0 Å². The number of anilines is 1. The summed E-state index contributed by atoms with van der Waals surface area (Å²) in [4.78, 5) is 25.5. The molecule has 1 amide bonds. The van der Waals surface area contributed by atoms with Crippen molar-refractivity contribution in [2.75, 3.05) is 5.32 Å². The van der Waals surface area contributed by atoms with E-state index in [1.165, 1.54) is 0 Å². The van der Waals surface area contributed by atoms with E-state index in [4.69, 9.17) is 0 Å². The number of carbonyl (C=O) groups is 1. The Hall–Kier alpha value is -3.74. The van der Waals surface area contributed by atoms with Crippen LogP contribution in [0.3, 0.4) is 0 Å². The van der Waals surface area contributed by atoms with Crippen LogP contribution in [0.25, 0.3) is 10.9 Å². The average molecular weight is 387 g/mol. The summed E-state index contributed by atoms with van der Waals surface area (Å²) in [6.45, 7) is 4.56. The molecule has 7 heteroatoms. The highest BCUT2D eigenvalue weighted by molar-refractivity contribution is 6.04. The first-order valence-corrected chi connectivity index (χ1v) is 9.30. The van der Waals surface area contributed by atoms with Crippen LogP contribution in [-0.4, -0.2) is 25.5 Å². The molecule has 0 saturated heterocycles. The second-order valence-corrected chi connectivity index (χ2v) is 7.06. The smallest absolute Gasteiger partial charge is 0.280 e. The molecule has 0 spiro atoms. The Morgan fingerprint density at radius 1 is 1.03 bits per heavy atom. The van der Waals surface area contributed by atoms with Crippen LogP contribution in [0.1, 0.15) is 27.4 Å². The van der Waals surface area contributed by atoms with E-state index in [0.29, 0.717) is 23.1 Å². The molecule has 0 fully saturated rings. The van der Waals surface area contributed by atoms with Gasteiger partial charge in [-0.05, 0) is 49.7 Å². The van der Waals surface area contributed by atoms with Crippen molar-refractivity contribution in [3.05, 3.63) is 87.5 Å². The number of nitrogens with zero attached hydrogens (tertiary/aromatic N) is 4. The van der Waals surface area contributed by atoms with Gasteiger partial charge in [0, 0.05) is 23.8 Å². The number of aryl methyl sites for hydroxylation is 3. The maximum absolute atomic E-state index is 12.8. The van der Waals surface area contributed by atoms with Crippen LogP contribution in [0.15, 0.2) is 59.4 Å². The van der Waals surface area contributed by atoms with Crippen LogP contribution >= 0.6 is 0 Å². The third-order valence-corrected chi connectivity index (χ3v) is 4.80. The van der Waals surface area contributed by atoms with Gasteiger partial charge in [-0.1, -0.05) is 24.3 Å². The highest BCUT2D eigenvalue weighted by atomic mass is 16.2. The molecular weight excluding hydrogens is 366 g/mol. The molecule has 7 nitrogen and oxygen atoms in total. The highest BCUT2D eigenvalue weighted by Crippen LogP contribution is 2.15. The van der Waals surface area contributed by atoms with Gasteiger partial charge < -0.3 is 5.32 Å². The van der Waals surface area contributed by atoms with Crippen LogP contribution in [0.5, 0.6) is 0 Å². The molecule has 0 unspecified atom stereocenters. The molecule has 4 rings (SSSR count). The molecule has 2 heterocycles. The minimum absolute atomic E-state index is 0.129. The first kappa shape index (κ1) is 18.6. The Balaban J connectivity index is 1.61. The number of carbonyl (C=O) groups excluding carboxylic acids is 1. The van der Waals surface area contributed by atoms with Gasteiger partial charge in [-0.15, -0.1) is 0 Å². The second kappa shape index (κ2) is 7.35. The molecule has 0 atom stereocenters. The van der Waals surface area contributed by atoms with Gasteiger partial charge in [0.1, 0.15) is 0 Å². The van der Waals surface area contributed by atoms with Crippen molar-refractivity contribution in [1.29, 1.82) is 0 Å². The fraction of sp³-hybridized carbons (Fsp3) is 0.182.